The van der Waals surface area contributed by atoms with E-state index in [1.165, 1.54) is 23.5 Å². The van der Waals surface area contributed by atoms with E-state index in [0.29, 0.717) is 11.3 Å². The van der Waals surface area contributed by atoms with Crippen LogP contribution in [-0.2, 0) is 23.1 Å². The summed E-state index contributed by atoms with van der Waals surface area (Å²) in [5.74, 6) is 0. The molecule has 5 nitrogen and oxygen atoms in total. The standard InChI is InChI=1S/C11H12ClN3O2S2/c12-10-2-1-8(4-13)3-11(10)19(16,17)15-5-9-6-18-7-14-9/h1-3,6-7,15H,4-5,13H2. The molecule has 0 radical (unpaired) electrons. The molecule has 1 aromatic carbocycles. The van der Waals surface area contributed by atoms with Gasteiger partial charge < -0.3 is 5.73 Å². The molecular formula is C11H12ClN3O2S2. The summed E-state index contributed by atoms with van der Waals surface area (Å²) in [6.07, 6.45) is 0. The van der Waals surface area contributed by atoms with Crippen molar-refractivity contribution in [2.45, 2.75) is 18.0 Å². The number of benzene rings is 1. The summed E-state index contributed by atoms with van der Waals surface area (Å²) in [4.78, 5) is 4.04. The average Bonchev–Trinajstić information content (AvgIpc) is 2.90. The van der Waals surface area contributed by atoms with Crippen LogP contribution >= 0.6 is 22.9 Å². The Hall–Kier alpha value is -0.990. The zero-order valence-electron chi connectivity index (χ0n) is 9.84. The minimum absolute atomic E-state index is 0.0346. The largest absolute Gasteiger partial charge is 0.326 e. The van der Waals surface area contributed by atoms with Crippen molar-refractivity contribution < 1.29 is 8.42 Å². The summed E-state index contributed by atoms with van der Waals surface area (Å²) in [6.45, 7) is 0.390. The van der Waals surface area contributed by atoms with Crippen LogP contribution in [0.15, 0.2) is 34.0 Å². The monoisotopic (exact) mass is 317 g/mol. The number of nitrogens with zero attached hydrogens (tertiary/aromatic N) is 1. The van der Waals surface area contributed by atoms with E-state index in [0.717, 1.165) is 0 Å². The fourth-order valence-electron chi connectivity index (χ4n) is 1.45. The van der Waals surface area contributed by atoms with Crippen molar-refractivity contribution in [1.29, 1.82) is 0 Å². The van der Waals surface area contributed by atoms with E-state index in [9.17, 15) is 8.42 Å². The Morgan fingerprint density at radius 1 is 1.42 bits per heavy atom. The topological polar surface area (TPSA) is 85.1 Å². The summed E-state index contributed by atoms with van der Waals surface area (Å²) < 4.78 is 26.8. The van der Waals surface area contributed by atoms with E-state index in [1.807, 2.05) is 0 Å². The molecule has 0 unspecified atom stereocenters. The average molecular weight is 318 g/mol. The van der Waals surface area contributed by atoms with Gasteiger partial charge in [-0.2, -0.15) is 0 Å². The second-order valence-corrected chi connectivity index (χ2v) is 6.63. The lowest BCUT2D eigenvalue weighted by atomic mass is 10.2. The molecule has 0 spiro atoms. The first-order chi connectivity index (χ1) is 9.03. The van der Waals surface area contributed by atoms with E-state index >= 15 is 0 Å². The molecule has 8 heteroatoms. The van der Waals surface area contributed by atoms with Crippen LogP contribution in [0, 0.1) is 0 Å². The van der Waals surface area contributed by atoms with Crippen LogP contribution in [0.25, 0.3) is 0 Å². The highest BCUT2D eigenvalue weighted by Gasteiger charge is 2.18. The lowest BCUT2D eigenvalue weighted by molar-refractivity contribution is 0.580. The molecule has 0 fully saturated rings. The van der Waals surface area contributed by atoms with Gasteiger partial charge in [0.05, 0.1) is 22.8 Å². The second-order valence-electron chi connectivity index (χ2n) is 3.77. The maximum Gasteiger partial charge on any atom is 0.242 e. The van der Waals surface area contributed by atoms with Gasteiger partial charge in [-0.15, -0.1) is 11.3 Å². The highest BCUT2D eigenvalue weighted by atomic mass is 35.5. The van der Waals surface area contributed by atoms with Crippen LogP contribution in [0.2, 0.25) is 5.02 Å². The minimum Gasteiger partial charge on any atom is -0.326 e. The molecule has 0 amide bonds. The fraction of sp³-hybridized carbons (Fsp3) is 0.182. The highest BCUT2D eigenvalue weighted by Crippen LogP contribution is 2.22. The lowest BCUT2D eigenvalue weighted by Crippen LogP contribution is -2.24. The SMILES string of the molecule is NCc1ccc(Cl)c(S(=O)(=O)NCc2cscn2)c1. The van der Waals surface area contributed by atoms with E-state index in [2.05, 4.69) is 9.71 Å². The first kappa shape index (κ1) is 14.4. The zero-order valence-corrected chi connectivity index (χ0v) is 12.2. The molecule has 1 heterocycles. The number of hydrogen-bond donors (Lipinski definition) is 2. The maximum absolute atomic E-state index is 12.2. The van der Waals surface area contributed by atoms with Gasteiger partial charge in [-0.1, -0.05) is 17.7 Å². The Bertz CT molecular complexity index is 657. The molecule has 0 saturated carbocycles. The number of hydrogen-bond acceptors (Lipinski definition) is 5. The predicted molar refractivity (Wildman–Crippen MR) is 75.5 cm³/mol. The summed E-state index contributed by atoms with van der Waals surface area (Å²) in [6, 6.07) is 4.70. The third-order valence-electron chi connectivity index (χ3n) is 2.45. The minimum atomic E-state index is -3.67. The summed E-state index contributed by atoms with van der Waals surface area (Å²) >= 11 is 7.33. The van der Waals surface area contributed by atoms with Gasteiger partial charge in [0.2, 0.25) is 10.0 Å². The molecule has 0 aliphatic heterocycles. The van der Waals surface area contributed by atoms with Crippen molar-refractivity contribution in [1.82, 2.24) is 9.71 Å². The van der Waals surface area contributed by atoms with Gasteiger partial charge in [0, 0.05) is 11.9 Å². The fourth-order valence-corrected chi connectivity index (χ4v) is 3.56. The summed E-state index contributed by atoms with van der Waals surface area (Å²) in [7, 11) is -3.67. The van der Waals surface area contributed by atoms with Crippen molar-refractivity contribution in [3.8, 4) is 0 Å². The molecule has 0 saturated heterocycles. The third kappa shape index (κ3) is 3.52. The van der Waals surface area contributed by atoms with Gasteiger partial charge in [0.15, 0.2) is 0 Å². The Morgan fingerprint density at radius 3 is 2.84 bits per heavy atom. The highest BCUT2D eigenvalue weighted by molar-refractivity contribution is 7.89. The normalized spacial score (nSPS) is 11.7. The van der Waals surface area contributed by atoms with Crippen molar-refractivity contribution in [3.63, 3.8) is 0 Å². The second kappa shape index (κ2) is 5.98. The molecule has 1 aromatic heterocycles. The predicted octanol–water partition coefficient (Wildman–Crippen LogP) is 1.73. The molecule has 19 heavy (non-hydrogen) atoms. The zero-order chi connectivity index (χ0) is 13.9. The molecule has 3 N–H and O–H groups in total. The molecular weight excluding hydrogens is 306 g/mol. The van der Waals surface area contributed by atoms with Gasteiger partial charge in [0.1, 0.15) is 4.90 Å². The first-order valence-corrected chi connectivity index (χ1v) is 8.18. The Labute approximate surface area is 120 Å². The van der Waals surface area contributed by atoms with Crippen molar-refractivity contribution in [2.75, 3.05) is 0 Å². The number of nitrogens with one attached hydrogen (secondary N) is 1. The van der Waals surface area contributed by atoms with E-state index in [-0.39, 0.29) is 23.0 Å². The van der Waals surface area contributed by atoms with E-state index in [4.69, 9.17) is 17.3 Å². The van der Waals surface area contributed by atoms with Crippen LogP contribution in [0.3, 0.4) is 0 Å². The van der Waals surface area contributed by atoms with Gasteiger partial charge in [0.25, 0.3) is 0 Å². The molecule has 2 aromatic rings. The Kier molecular flexibility index (Phi) is 4.54. The molecule has 102 valence electrons. The number of nitrogens with two attached hydrogens (primary N) is 1. The maximum atomic E-state index is 12.2. The van der Waals surface area contributed by atoms with Crippen LogP contribution in [-0.4, -0.2) is 13.4 Å². The number of thiazole rings is 1. The third-order valence-corrected chi connectivity index (χ3v) is 4.97. The number of sulfonamides is 1. The Morgan fingerprint density at radius 2 is 2.21 bits per heavy atom. The van der Waals surface area contributed by atoms with Crippen molar-refractivity contribution in [3.05, 3.63) is 45.4 Å². The van der Waals surface area contributed by atoms with E-state index in [1.54, 1.807) is 17.0 Å². The molecule has 0 atom stereocenters. The molecule has 2 rings (SSSR count). The smallest absolute Gasteiger partial charge is 0.242 e. The van der Waals surface area contributed by atoms with Crippen LogP contribution < -0.4 is 10.5 Å². The van der Waals surface area contributed by atoms with Gasteiger partial charge in [-0.05, 0) is 17.7 Å². The van der Waals surface area contributed by atoms with Crippen molar-refractivity contribution >= 4 is 33.0 Å². The number of halogens is 1. The van der Waals surface area contributed by atoms with Crippen LogP contribution in [0.1, 0.15) is 11.3 Å². The van der Waals surface area contributed by atoms with Crippen LogP contribution in [0.4, 0.5) is 0 Å². The quantitative estimate of drug-likeness (QED) is 0.879. The molecule has 0 aliphatic rings. The summed E-state index contributed by atoms with van der Waals surface area (Å²) in [5.41, 5.74) is 8.51. The summed E-state index contributed by atoms with van der Waals surface area (Å²) in [5, 5.41) is 1.95. The van der Waals surface area contributed by atoms with Gasteiger partial charge >= 0.3 is 0 Å². The number of rotatable bonds is 5. The van der Waals surface area contributed by atoms with Gasteiger partial charge in [-0.25, -0.2) is 18.1 Å². The van der Waals surface area contributed by atoms with Crippen LogP contribution in [0.5, 0.6) is 0 Å². The first-order valence-electron chi connectivity index (χ1n) is 5.38. The van der Waals surface area contributed by atoms with E-state index < -0.39 is 10.0 Å². The van der Waals surface area contributed by atoms with Crippen molar-refractivity contribution in [2.24, 2.45) is 5.73 Å². The van der Waals surface area contributed by atoms with Gasteiger partial charge in [-0.3, -0.25) is 0 Å². The molecule has 0 aliphatic carbocycles. The molecule has 0 bridgehead atoms. The lowest BCUT2D eigenvalue weighted by Gasteiger charge is -2.08. The number of aromatic nitrogens is 1. The Balaban J connectivity index is 2.23.